The molecule has 1 fully saturated rings. The van der Waals surface area contributed by atoms with Gasteiger partial charge in [-0.2, -0.15) is 0 Å². The van der Waals surface area contributed by atoms with Gasteiger partial charge in [0, 0.05) is 24.2 Å². The van der Waals surface area contributed by atoms with Crippen molar-refractivity contribution in [1.29, 1.82) is 0 Å². The van der Waals surface area contributed by atoms with Crippen LogP contribution in [0, 0.1) is 5.92 Å². The number of rotatable bonds is 6. The van der Waals surface area contributed by atoms with Crippen LogP contribution in [-0.2, 0) is 28.5 Å². The highest BCUT2D eigenvalue weighted by atomic mass is 16.7. The smallest absolute Gasteiger partial charge is 0.334 e. The molecule has 3 heterocycles. The van der Waals surface area contributed by atoms with E-state index >= 15 is 0 Å². The first kappa shape index (κ1) is 22.5. The Morgan fingerprint density at radius 1 is 1.40 bits per heavy atom. The van der Waals surface area contributed by atoms with Crippen LogP contribution in [0.5, 0.6) is 0 Å². The summed E-state index contributed by atoms with van der Waals surface area (Å²) in [4.78, 5) is 24.7. The van der Waals surface area contributed by atoms with Crippen molar-refractivity contribution in [1.82, 2.24) is 0 Å². The molecule has 0 saturated carbocycles. The standard InChI is InChI=1S/C23H30O7/c1-12(2)21(25)27-17-9-13(3)10-23(29-15(5)7-8-24)11-14(4)19(30-23)20-18(17)16(6)22(26)28-20/h10-11,15,17-20,24H,1,6-9H2,2-5H3/b13-10+/t15?,17-,18+,19?,20-,23?/m0/s1. The molecular weight excluding hydrogens is 388 g/mol. The normalized spacial score (nSPS) is 35.8. The van der Waals surface area contributed by atoms with E-state index in [0.717, 1.165) is 11.1 Å². The van der Waals surface area contributed by atoms with Crippen molar-refractivity contribution in [2.24, 2.45) is 5.92 Å². The van der Waals surface area contributed by atoms with Crippen molar-refractivity contribution in [3.8, 4) is 0 Å². The summed E-state index contributed by atoms with van der Waals surface area (Å²) in [5, 5.41) is 9.25. The van der Waals surface area contributed by atoms with Crippen molar-refractivity contribution < 1.29 is 33.6 Å². The van der Waals surface area contributed by atoms with Crippen molar-refractivity contribution in [3.05, 3.63) is 47.6 Å². The molecule has 7 nitrogen and oxygen atoms in total. The molecule has 1 N–H and O–H groups in total. The van der Waals surface area contributed by atoms with Gasteiger partial charge in [0.05, 0.1) is 12.0 Å². The molecule has 6 atom stereocenters. The van der Waals surface area contributed by atoms with Crippen molar-refractivity contribution in [2.75, 3.05) is 6.61 Å². The molecule has 2 bridgehead atoms. The molecule has 3 rings (SSSR count). The quantitative estimate of drug-likeness (QED) is 0.403. The zero-order valence-electron chi connectivity index (χ0n) is 18.0. The number of aliphatic hydroxyl groups is 1. The van der Waals surface area contributed by atoms with Crippen LogP contribution in [0.4, 0.5) is 0 Å². The Hall–Kier alpha value is -2.22. The Morgan fingerprint density at radius 3 is 2.73 bits per heavy atom. The van der Waals surface area contributed by atoms with Gasteiger partial charge < -0.3 is 24.1 Å². The molecule has 3 aliphatic heterocycles. The lowest BCUT2D eigenvalue weighted by atomic mass is 9.83. The maximum absolute atomic E-state index is 12.4. The van der Waals surface area contributed by atoms with Gasteiger partial charge in [-0.15, -0.1) is 0 Å². The average molecular weight is 418 g/mol. The van der Waals surface area contributed by atoms with Crippen LogP contribution >= 0.6 is 0 Å². The second-order valence-corrected chi connectivity index (χ2v) is 8.43. The number of hydrogen-bond donors (Lipinski definition) is 1. The van der Waals surface area contributed by atoms with Crippen LogP contribution in [0.25, 0.3) is 0 Å². The molecule has 1 saturated heterocycles. The number of esters is 2. The van der Waals surface area contributed by atoms with E-state index in [4.69, 9.17) is 18.9 Å². The lowest BCUT2D eigenvalue weighted by Crippen LogP contribution is -2.42. The predicted octanol–water partition coefficient (Wildman–Crippen LogP) is 2.75. The SMILES string of the molecule is C=C(C)C(=O)O[C@H]1C/C(C)=C/C2(OC(C)CCO)C=C(C)C(O2)[C@H]2OC(=O)C(=C)[C@H]12. The number of ether oxygens (including phenoxy) is 4. The van der Waals surface area contributed by atoms with Gasteiger partial charge >= 0.3 is 11.9 Å². The first-order chi connectivity index (χ1) is 14.1. The van der Waals surface area contributed by atoms with Gasteiger partial charge in [0.15, 0.2) is 0 Å². The highest BCUT2D eigenvalue weighted by Crippen LogP contribution is 2.45. The van der Waals surface area contributed by atoms with E-state index in [-0.39, 0.29) is 23.9 Å². The fourth-order valence-electron chi connectivity index (χ4n) is 4.27. The van der Waals surface area contributed by atoms with Crippen molar-refractivity contribution in [3.63, 3.8) is 0 Å². The summed E-state index contributed by atoms with van der Waals surface area (Å²) in [6.07, 6.45) is 2.35. The van der Waals surface area contributed by atoms with E-state index in [0.29, 0.717) is 12.8 Å². The van der Waals surface area contributed by atoms with E-state index in [2.05, 4.69) is 13.2 Å². The Bertz CT molecular complexity index is 823. The number of aliphatic hydroxyl groups excluding tert-OH is 1. The molecule has 0 aromatic carbocycles. The minimum atomic E-state index is -1.15. The van der Waals surface area contributed by atoms with Crippen LogP contribution in [0.3, 0.4) is 0 Å². The Balaban J connectivity index is 2.02. The van der Waals surface area contributed by atoms with E-state index in [9.17, 15) is 14.7 Å². The molecule has 0 aromatic heterocycles. The summed E-state index contributed by atoms with van der Waals surface area (Å²) in [6, 6.07) is 0. The van der Waals surface area contributed by atoms with Crippen LogP contribution in [-0.4, -0.2) is 53.9 Å². The summed E-state index contributed by atoms with van der Waals surface area (Å²) in [5.41, 5.74) is 2.25. The van der Waals surface area contributed by atoms with E-state index < -0.39 is 42.0 Å². The van der Waals surface area contributed by atoms with Crippen molar-refractivity contribution in [2.45, 2.75) is 70.7 Å². The average Bonchev–Trinajstić information content (AvgIpc) is 3.11. The van der Waals surface area contributed by atoms with Gasteiger partial charge in [-0.05, 0) is 51.8 Å². The number of carbonyl (C=O) groups is 2. The number of fused-ring (bicyclic) bond motifs is 4. The third-order valence-corrected chi connectivity index (χ3v) is 5.65. The summed E-state index contributed by atoms with van der Waals surface area (Å²) in [5.74, 6) is -2.76. The second-order valence-electron chi connectivity index (χ2n) is 8.43. The van der Waals surface area contributed by atoms with Crippen molar-refractivity contribution >= 4 is 11.9 Å². The summed E-state index contributed by atoms with van der Waals surface area (Å²) < 4.78 is 23.9. The molecule has 0 amide bonds. The molecule has 0 spiro atoms. The van der Waals surface area contributed by atoms with Gasteiger partial charge in [0.2, 0.25) is 5.79 Å². The third kappa shape index (κ3) is 4.29. The largest absolute Gasteiger partial charge is 0.458 e. The van der Waals surface area contributed by atoms with Gasteiger partial charge in [-0.25, -0.2) is 9.59 Å². The van der Waals surface area contributed by atoms with E-state index in [1.807, 2.05) is 32.9 Å². The number of carbonyl (C=O) groups excluding carboxylic acids is 2. The Labute approximate surface area is 177 Å². The highest BCUT2D eigenvalue weighted by Gasteiger charge is 2.54. The van der Waals surface area contributed by atoms with Crippen LogP contribution in [0.1, 0.15) is 40.5 Å². The Kier molecular flexibility index (Phi) is 6.36. The van der Waals surface area contributed by atoms with Gasteiger partial charge in [0.1, 0.15) is 18.3 Å². The lowest BCUT2D eigenvalue weighted by Gasteiger charge is -2.32. The summed E-state index contributed by atoms with van der Waals surface area (Å²) >= 11 is 0. The van der Waals surface area contributed by atoms with Crippen LogP contribution < -0.4 is 0 Å². The zero-order chi connectivity index (χ0) is 22.2. The molecule has 164 valence electrons. The molecule has 30 heavy (non-hydrogen) atoms. The third-order valence-electron chi connectivity index (χ3n) is 5.65. The van der Waals surface area contributed by atoms with Crippen LogP contribution in [0.15, 0.2) is 47.6 Å². The molecule has 3 aliphatic rings. The van der Waals surface area contributed by atoms with E-state index in [1.165, 1.54) is 0 Å². The fourth-order valence-corrected chi connectivity index (χ4v) is 4.27. The molecule has 3 unspecified atom stereocenters. The monoisotopic (exact) mass is 418 g/mol. The zero-order valence-corrected chi connectivity index (χ0v) is 18.0. The molecular formula is C23H30O7. The molecule has 0 aliphatic carbocycles. The predicted molar refractivity (Wildman–Crippen MR) is 109 cm³/mol. The summed E-state index contributed by atoms with van der Waals surface area (Å²) in [6.45, 7) is 14.8. The Morgan fingerprint density at radius 2 is 2.10 bits per heavy atom. The first-order valence-electron chi connectivity index (χ1n) is 10.2. The minimum absolute atomic E-state index is 0.00681. The van der Waals surface area contributed by atoms with Crippen LogP contribution in [0.2, 0.25) is 0 Å². The lowest BCUT2D eigenvalue weighted by molar-refractivity contribution is -0.218. The van der Waals surface area contributed by atoms with Gasteiger partial charge in [-0.1, -0.05) is 18.7 Å². The highest BCUT2D eigenvalue weighted by molar-refractivity contribution is 5.91. The number of hydrogen-bond acceptors (Lipinski definition) is 7. The minimum Gasteiger partial charge on any atom is -0.458 e. The molecule has 7 heteroatoms. The fraction of sp³-hybridized carbons (Fsp3) is 0.565. The first-order valence-corrected chi connectivity index (χ1v) is 10.2. The summed E-state index contributed by atoms with van der Waals surface area (Å²) in [7, 11) is 0. The maximum atomic E-state index is 12.4. The van der Waals surface area contributed by atoms with E-state index in [1.54, 1.807) is 6.92 Å². The molecule has 0 aromatic rings. The maximum Gasteiger partial charge on any atom is 0.334 e. The molecule has 0 radical (unpaired) electrons. The van der Waals surface area contributed by atoms with Gasteiger partial charge in [0.25, 0.3) is 0 Å². The second kappa shape index (κ2) is 8.49. The van der Waals surface area contributed by atoms with Gasteiger partial charge in [-0.3, -0.25) is 0 Å². The topological polar surface area (TPSA) is 91.3 Å².